The average molecular weight is 179 g/mol. The van der Waals surface area contributed by atoms with E-state index in [0.29, 0.717) is 0 Å². The summed E-state index contributed by atoms with van der Waals surface area (Å²) in [6.07, 6.45) is 1.18. The quantitative estimate of drug-likeness (QED) is 0.686. The van der Waals surface area contributed by atoms with Crippen molar-refractivity contribution in [2.45, 2.75) is 33.7 Å². The Bertz CT molecular complexity index is 213. The molecule has 3 nitrogen and oxygen atoms in total. The molecule has 1 unspecified atom stereocenters. The minimum Gasteiger partial charge on any atom is -0.213 e. The summed E-state index contributed by atoms with van der Waals surface area (Å²) in [5.74, 6) is 0. The van der Waals surface area contributed by atoms with Crippen LogP contribution in [-0.2, 0) is 10.0 Å². The Labute approximate surface area is 69.2 Å². The number of hydrogen-bond acceptors (Lipinski definition) is 2. The molecule has 1 atom stereocenters. The average Bonchev–Trinajstić information content (AvgIpc) is 1.56. The third-order valence-corrected chi connectivity index (χ3v) is 2.47. The van der Waals surface area contributed by atoms with Gasteiger partial charge in [-0.1, -0.05) is 20.8 Å². The molecule has 0 aliphatic rings. The molecule has 0 saturated heterocycles. The minimum atomic E-state index is -3.06. The van der Waals surface area contributed by atoms with E-state index in [2.05, 4.69) is 4.72 Å². The zero-order chi connectivity index (χ0) is 9.28. The molecule has 11 heavy (non-hydrogen) atoms. The van der Waals surface area contributed by atoms with E-state index in [1.807, 2.05) is 27.7 Å². The van der Waals surface area contributed by atoms with Gasteiger partial charge in [0.2, 0.25) is 10.0 Å². The van der Waals surface area contributed by atoms with Gasteiger partial charge in [-0.25, -0.2) is 13.1 Å². The highest BCUT2D eigenvalue weighted by atomic mass is 32.2. The van der Waals surface area contributed by atoms with Gasteiger partial charge in [0, 0.05) is 6.04 Å². The molecule has 0 saturated carbocycles. The smallest absolute Gasteiger partial charge is 0.208 e. The van der Waals surface area contributed by atoms with E-state index >= 15 is 0 Å². The lowest BCUT2D eigenvalue weighted by atomic mass is 9.89. The summed E-state index contributed by atoms with van der Waals surface area (Å²) in [7, 11) is -3.06. The summed E-state index contributed by atoms with van der Waals surface area (Å²) in [6, 6.07) is -0.0301. The molecule has 4 heteroatoms. The van der Waals surface area contributed by atoms with E-state index in [0.717, 1.165) is 0 Å². The second-order valence-electron chi connectivity index (χ2n) is 3.98. The third-order valence-electron chi connectivity index (χ3n) is 1.69. The molecule has 0 amide bonds. The van der Waals surface area contributed by atoms with Crippen LogP contribution in [0, 0.1) is 5.41 Å². The van der Waals surface area contributed by atoms with Crippen molar-refractivity contribution < 1.29 is 8.42 Å². The molecule has 0 rings (SSSR count). The Balaban J connectivity index is 4.21. The predicted octanol–water partition coefficient (Wildman–Crippen LogP) is 0.970. The maximum atomic E-state index is 10.8. The SMILES string of the molecule is CC(NS(C)(=O)=O)C(C)(C)C. The van der Waals surface area contributed by atoms with Gasteiger partial charge in [0.05, 0.1) is 6.26 Å². The van der Waals surface area contributed by atoms with Gasteiger partial charge in [-0.15, -0.1) is 0 Å². The highest BCUT2D eigenvalue weighted by Crippen LogP contribution is 2.18. The second kappa shape index (κ2) is 3.11. The van der Waals surface area contributed by atoms with E-state index < -0.39 is 10.0 Å². The lowest BCUT2D eigenvalue weighted by molar-refractivity contribution is 0.318. The van der Waals surface area contributed by atoms with Crippen LogP contribution in [0.2, 0.25) is 0 Å². The van der Waals surface area contributed by atoms with Crippen LogP contribution in [0.25, 0.3) is 0 Å². The van der Waals surface area contributed by atoms with Crippen LogP contribution in [0.15, 0.2) is 0 Å². The standard InChI is InChI=1S/C7H17NO2S/c1-6(7(2,3)4)8-11(5,9)10/h6,8H,1-5H3. The van der Waals surface area contributed by atoms with Crippen LogP contribution in [-0.4, -0.2) is 20.7 Å². The third kappa shape index (κ3) is 5.21. The number of nitrogens with one attached hydrogen (secondary N) is 1. The van der Waals surface area contributed by atoms with E-state index in [9.17, 15) is 8.42 Å². The molecule has 0 aliphatic carbocycles. The molecule has 0 aromatic heterocycles. The molecule has 0 spiro atoms. The Morgan fingerprint density at radius 3 is 1.73 bits per heavy atom. The summed E-state index contributed by atoms with van der Waals surface area (Å²) in [6.45, 7) is 7.85. The lowest BCUT2D eigenvalue weighted by Crippen LogP contribution is -2.40. The van der Waals surface area contributed by atoms with E-state index in [1.54, 1.807) is 0 Å². The Morgan fingerprint density at radius 1 is 1.27 bits per heavy atom. The van der Waals surface area contributed by atoms with E-state index in [-0.39, 0.29) is 11.5 Å². The number of rotatable bonds is 2. The first-order chi connectivity index (χ1) is 4.63. The van der Waals surface area contributed by atoms with Crippen molar-refractivity contribution in [3.05, 3.63) is 0 Å². The first kappa shape index (κ1) is 10.9. The van der Waals surface area contributed by atoms with Crippen LogP contribution >= 0.6 is 0 Å². The molecular formula is C7H17NO2S. The summed E-state index contributed by atoms with van der Waals surface area (Å²) >= 11 is 0. The summed E-state index contributed by atoms with van der Waals surface area (Å²) in [5, 5.41) is 0. The molecule has 68 valence electrons. The molecule has 0 heterocycles. The Hall–Kier alpha value is -0.0900. The van der Waals surface area contributed by atoms with Crippen molar-refractivity contribution >= 4 is 10.0 Å². The normalized spacial score (nSPS) is 16.5. The molecule has 1 N–H and O–H groups in total. The van der Waals surface area contributed by atoms with Gasteiger partial charge in [-0.05, 0) is 12.3 Å². The maximum Gasteiger partial charge on any atom is 0.208 e. The van der Waals surface area contributed by atoms with Crippen molar-refractivity contribution in [2.24, 2.45) is 5.41 Å². The van der Waals surface area contributed by atoms with Crippen molar-refractivity contribution in [1.29, 1.82) is 0 Å². The van der Waals surface area contributed by atoms with Gasteiger partial charge < -0.3 is 0 Å². The number of sulfonamides is 1. The summed E-state index contributed by atoms with van der Waals surface area (Å²) in [5.41, 5.74) is -0.0247. The second-order valence-corrected chi connectivity index (χ2v) is 5.76. The molecule has 0 aromatic carbocycles. The first-order valence-electron chi connectivity index (χ1n) is 3.60. The monoisotopic (exact) mass is 179 g/mol. The van der Waals surface area contributed by atoms with Crippen LogP contribution in [0.5, 0.6) is 0 Å². The zero-order valence-corrected chi connectivity index (χ0v) is 8.62. The topological polar surface area (TPSA) is 46.2 Å². The van der Waals surface area contributed by atoms with Crippen molar-refractivity contribution in [1.82, 2.24) is 4.72 Å². The highest BCUT2D eigenvalue weighted by molar-refractivity contribution is 7.88. The molecule has 0 bridgehead atoms. The summed E-state index contributed by atoms with van der Waals surface area (Å²) in [4.78, 5) is 0. The fourth-order valence-corrected chi connectivity index (χ4v) is 1.49. The number of hydrogen-bond donors (Lipinski definition) is 1. The van der Waals surface area contributed by atoms with Crippen LogP contribution in [0.4, 0.5) is 0 Å². The van der Waals surface area contributed by atoms with Gasteiger partial charge in [-0.2, -0.15) is 0 Å². The highest BCUT2D eigenvalue weighted by Gasteiger charge is 2.22. The van der Waals surface area contributed by atoms with Crippen molar-refractivity contribution in [3.8, 4) is 0 Å². The van der Waals surface area contributed by atoms with Crippen LogP contribution in [0.1, 0.15) is 27.7 Å². The fraction of sp³-hybridized carbons (Fsp3) is 1.00. The Morgan fingerprint density at radius 2 is 1.64 bits per heavy atom. The molecule has 0 fully saturated rings. The maximum absolute atomic E-state index is 10.8. The van der Waals surface area contributed by atoms with Gasteiger partial charge in [-0.3, -0.25) is 0 Å². The van der Waals surface area contributed by atoms with Gasteiger partial charge in [0.15, 0.2) is 0 Å². The molecule has 0 aromatic rings. The van der Waals surface area contributed by atoms with E-state index in [1.165, 1.54) is 6.26 Å². The molecular weight excluding hydrogens is 162 g/mol. The van der Waals surface area contributed by atoms with E-state index in [4.69, 9.17) is 0 Å². The van der Waals surface area contributed by atoms with Crippen molar-refractivity contribution in [3.63, 3.8) is 0 Å². The largest absolute Gasteiger partial charge is 0.213 e. The van der Waals surface area contributed by atoms with Crippen LogP contribution in [0.3, 0.4) is 0 Å². The van der Waals surface area contributed by atoms with Gasteiger partial charge >= 0.3 is 0 Å². The predicted molar refractivity (Wildman–Crippen MR) is 46.9 cm³/mol. The van der Waals surface area contributed by atoms with Crippen molar-refractivity contribution in [2.75, 3.05) is 6.26 Å². The zero-order valence-electron chi connectivity index (χ0n) is 7.80. The van der Waals surface area contributed by atoms with Gasteiger partial charge in [0.25, 0.3) is 0 Å². The molecule has 0 aliphatic heterocycles. The minimum absolute atomic E-state index is 0.0247. The summed E-state index contributed by atoms with van der Waals surface area (Å²) < 4.78 is 24.1. The van der Waals surface area contributed by atoms with Gasteiger partial charge in [0.1, 0.15) is 0 Å². The fourth-order valence-electron chi connectivity index (χ4n) is 0.498. The Kier molecular flexibility index (Phi) is 3.08. The van der Waals surface area contributed by atoms with Crippen LogP contribution < -0.4 is 4.72 Å². The molecule has 0 radical (unpaired) electrons. The lowest BCUT2D eigenvalue weighted by Gasteiger charge is -2.26. The first-order valence-corrected chi connectivity index (χ1v) is 5.49.